The van der Waals surface area contributed by atoms with Gasteiger partial charge in [-0.1, -0.05) is 170 Å². The first kappa shape index (κ1) is 32.9. The first-order chi connectivity index (χ1) is 29.7. The average molecular weight is 761 g/mol. The second-order valence-corrected chi connectivity index (χ2v) is 17.8. The average Bonchev–Trinajstić information content (AvgIpc) is 4.06. The second-order valence-electron chi connectivity index (χ2n) is 17.8. The lowest BCUT2D eigenvalue weighted by molar-refractivity contribution is 0.626. The van der Waals surface area contributed by atoms with Crippen molar-refractivity contribution in [2.24, 2.45) is 0 Å². The molecule has 0 aliphatic heterocycles. The van der Waals surface area contributed by atoms with Crippen LogP contribution in [-0.4, -0.2) is 0 Å². The van der Waals surface area contributed by atoms with Crippen LogP contribution in [0.4, 0.5) is 0 Å². The van der Waals surface area contributed by atoms with E-state index in [4.69, 9.17) is 0 Å². The third-order valence-electron chi connectivity index (χ3n) is 15.3. The molecule has 0 amide bonds. The highest BCUT2D eigenvalue weighted by Crippen LogP contribution is 2.60. The van der Waals surface area contributed by atoms with E-state index in [-0.39, 0.29) is 10.8 Å². The maximum atomic E-state index is 2.56. The molecule has 0 nitrogen and oxygen atoms in total. The maximum absolute atomic E-state index is 2.56. The summed E-state index contributed by atoms with van der Waals surface area (Å²) in [5.74, 6) is 0. The van der Waals surface area contributed by atoms with E-state index < -0.39 is 0 Å². The van der Waals surface area contributed by atoms with E-state index in [1.54, 1.807) is 0 Å². The number of rotatable bonds is 2. The van der Waals surface area contributed by atoms with Crippen LogP contribution in [0.5, 0.6) is 0 Å². The quantitative estimate of drug-likeness (QED) is 0.154. The summed E-state index contributed by atoms with van der Waals surface area (Å²) < 4.78 is 0. The molecule has 0 radical (unpaired) electrons. The van der Waals surface area contributed by atoms with Crippen molar-refractivity contribution in [3.63, 3.8) is 0 Å². The molecule has 0 bridgehead atoms. The van der Waals surface area contributed by atoms with Gasteiger partial charge in [-0.3, -0.25) is 0 Å². The van der Waals surface area contributed by atoms with Crippen LogP contribution in [0.15, 0.2) is 194 Å². The summed E-state index contributed by atoms with van der Waals surface area (Å²) in [5, 5.41) is 7.84. The maximum Gasteiger partial charge on any atom is 0.0469 e. The van der Waals surface area contributed by atoms with E-state index >= 15 is 0 Å². The predicted octanol–water partition coefficient (Wildman–Crippen LogP) is 15.0. The van der Waals surface area contributed by atoms with Crippen LogP contribution in [0.2, 0.25) is 0 Å². The molecule has 0 heteroatoms. The molecule has 4 aliphatic rings. The monoisotopic (exact) mass is 760 g/mol. The fourth-order valence-electron chi connectivity index (χ4n) is 12.9. The largest absolute Gasteiger partial charge is 0.0620 e. The molecule has 0 heterocycles. The minimum atomic E-state index is -0.126. The summed E-state index contributed by atoms with van der Waals surface area (Å²) in [4.78, 5) is 0. The van der Waals surface area contributed by atoms with E-state index in [0.717, 1.165) is 25.7 Å². The number of benzene rings is 10. The molecule has 10 aromatic carbocycles. The van der Waals surface area contributed by atoms with Gasteiger partial charge in [0.05, 0.1) is 0 Å². The molecule has 2 unspecified atom stereocenters. The molecule has 280 valence electrons. The van der Waals surface area contributed by atoms with Crippen LogP contribution in [-0.2, 0) is 23.7 Å². The van der Waals surface area contributed by atoms with Crippen molar-refractivity contribution in [3.8, 4) is 44.5 Å². The predicted molar refractivity (Wildman–Crippen MR) is 250 cm³/mol. The van der Waals surface area contributed by atoms with Gasteiger partial charge in [0.1, 0.15) is 0 Å². The van der Waals surface area contributed by atoms with E-state index in [0.29, 0.717) is 0 Å². The summed E-state index contributed by atoms with van der Waals surface area (Å²) in [5.41, 5.74) is 22.2. The summed E-state index contributed by atoms with van der Waals surface area (Å²) in [7, 11) is 0. The fraction of sp³-hybridized carbons (Fsp3) is 0.100. The van der Waals surface area contributed by atoms with Gasteiger partial charge in [-0.25, -0.2) is 0 Å². The minimum absolute atomic E-state index is 0.126. The molecule has 14 rings (SSSR count). The van der Waals surface area contributed by atoms with Gasteiger partial charge in [0.25, 0.3) is 0 Å². The number of hydrogen-bond donors (Lipinski definition) is 0. The first-order valence-corrected chi connectivity index (χ1v) is 21.8. The van der Waals surface area contributed by atoms with Crippen molar-refractivity contribution in [2.45, 2.75) is 36.5 Å². The Morgan fingerprint density at radius 2 is 0.667 bits per heavy atom. The lowest BCUT2D eigenvalue weighted by Crippen LogP contribution is -2.23. The van der Waals surface area contributed by atoms with Gasteiger partial charge in [-0.05, 0) is 171 Å². The topological polar surface area (TPSA) is 0 Å². The van der Waals surface area contributed by atoms with Crippen molar-refractivity contribution in [2.75, 3.05) is 0 Å². The Hall–Kier alpha value is -7.02. The van der Waals surface area contributed by atoms with Crippen LogP contribution in [0.3, 0.4) is 0 Å². The molecule has 10 aromatic rings. The molecule has 0 saturated carbocycles. The van der Waals surface area contributed by atoms with Crippen molar-refractivity contribution >= 4 is 32.3 Å². The van der Waals surface area contributed by atoms with E-state index in [9.17, 15) is 0 Å². The summed E-state index contributed by atoms with van der Waals surface area (Å²) in [6.07, 6.45) is 4.41. The molecule has 60 heavy (non-hydrogen) atoms. The van der Waals surface area contributed by atoms with Gasteiger partial charge in [0.15, 0.2) is 0 Å². The van der Waals surface area contributed by atoms with Gasteiger partial charge in [-0.15, -0.1) is 0 Å². The minimum Gasteiger partial charge on any atom is -0.0620 e. The number of aryl methyl sites for hydroxylation is 2. The van der Waals surface area contributed by atoms with Crippen molar-refractivity contribution in [3.05, 3.63) is 239 Å². The van der Waals surface area contributed by atoms with E-state index in [1.165, 1.54) is 121 Å². The van der Waals surface area contributed by atoms with Gasteiger partial charge in [0.2, 0.25) is 0 Å². The zero-order valence-electron chi connectivity index (χ0n) is 33.3. The Labute approximate surface area is 350 Å². The summed E-state index contributed by atoms with van der Waals surface area (Å²) >= 11 is 0. The Morgan fingerprint density at radius 3 is 1.15 bits per heavy atom. The van der Waals surface area contributed by atoms with Crippen LogP contribution in [0, 0.1) is 0 Å². The Bertz CT molecular complexity index is 3280. The molecular formula is C60H40. The molecular weight excluding hydrogens is 721 g/mol. The third-order valence-corrected chi connectivity index (χ3v) is 15.3. The summed E-state index contributed by atoms with van der Waals surface area (Å²) in [6, 6.07) is 74.7. The summed E-state index contributed by atoms with van der Waals surface area (Å²) in [6.45, 7) is 0. The van der Waals surface area contributed by atoms with Gasteiger partial charge in [0, 0.05) is 10.8 Å². The van der Waals surface area contributed by atoms with Crippen LogP contribution >= 0.6 is 0 Å². The Morgan fingerprint density at radius 1 is 0.283 bits per heavy atom. The first-order valence-electron chi connectivity index (χ1n) is 21.8. The smallest absolute Gasteiger partial charge is 0.0469 e. The van der Waals surface area contributed by atoms with Crippen molar-refractivity contribution < 1.29 is 0 Å². The lowest BCUT2D eigenvalue weighted by atomic mass is 9.73. The third kappa shape index (κ3) is 4.07. The SMILES string of the molecule is c1ccc2c(c1)CCC21c2ccccc2-c2ccc(-c3cc4cc(-c5ccc6c(c5)C5(CCc7ccccc75)c5ccccc5-6)c5ccccc5c4c4ccccc34)cc21. The molecule has 0 N–H and O–H groups in total. The highest BCUT2D eigenvalue weighted by molar-refractivity contribution is 6.26. The standard InChI is InChI=1S/C60H40/c1-9-21-52-37(13-1)29-31-59(52)54-23-11-7-17-44(54)46-27-25-39(35-56(46)59)50-33-41-34-51(43-16-4-6-20-49(43)58(41)48-19-5-3-15-42(48)50)40-26-28-47-45-18-8-12-24-55(45)60(57(47)36-40)32-30-38-14-2-10-22-53(38)60/h1-28,33-36H,29-32H2. The van der Waals surface area contributed by atoms with Crippen LogP contribution in [0.1, 0.15) is 57.3 Å². The molecule has 2 spiro atoms. The Balaban J connectivity index is 1.01. The van der Waals surface area contributed by atoms with Crippen LogP contribution in [0.25, 0.3) is 76.8 Å². The highest BCUT2D eigenvalue weighted by atomic mass is 14.5. The normalized spacial score (nSPS) is 18.9. The van der Waals surface area contributed by atoms with E-state index in [1.807, 2.05) is 0 Å². The second kappa shape index (κ2) is 11.8. The van der Waals surface area contributed by atoms with Crippen molar-refractivity contribution in [1.82, 2.24) is 0 Å². The molecule has 0 aromatic heterocycles. The lowest BCUT2D eigenvalue weighted by Gasteiger charge is -2.29. The zero-order chi connectivity index (χ0) is 39.2. The molecule has 4 aliphatic carbocycles. The fourth-order valence-corrected chi connectivity index (χ4v) is 12.9. The zero-order valence-corrected chi connectivity index (χ0v) is 33.3. The van der Waals surface area contributed by atoms with Crippen molar-refractivity contribution in [1.29, 1.82) is 0 Å². The highest BCUT2D eigenvalue weighted by Gasteiger charge is 2.49. The van der Waals surface area contributed by atoms with E-state index in [2.05, 4.69) is 194 Å². The molecule has 0 saturated heterocycles. The number of fused-ring (bicyclic) bond motifs is 19. The Kier molecular flexibility index (Phi) is 6.47. The van der Waals surface area contributed by atoms with Gasteiger partial charge >= 0.3 is 0 Å². The molecule has 2 atom stereocenters. The van der Waals surface area contributed by atoms with Crippen LogP contribution < -0.4 is 0 Å². The van der Waals surface area contributed by atoms with Gasteiger partial charge in [-0.2, -0.15) is 0 Å². The number of hydrogen-bond acceptors (Lipinski definition) is 0. The van der Waals surface area contributed by atoms with Gasteiger partial charge < -0.3 is 0 Å². The molecule has 0 fully saturated rings.